The second-order valence-corrected chi connectivity index (χ2v) is 10.9. The van der Waals surface area contributed by atoms with Crippen LogP contribution >= 0.6 is 0 Å². The molecule has 9 heteroatoms. The fourth-order valence-electron chi connectivity index (χ4n) is 4.06. The van der Waals surface area contributed by atoms with Gasteiger partial charge in [-0.15, -0.1) is 0 Å². The van der Waals surface area contributed by atoms with Gasteiger partial charge >= 0.3 is 0 Å². The second kappa shape index (κ2) is 9.30. The van der Waals surface area contributed by atoms with E-state index in [1.807, 2.05) is 0 Å². The van der Waals surface area contributed by atoms with Gasteiger partial charge in [0, 0.05) is 44.8 Å². The molecular weight excluding hydrogens is 407 g/mol. The topological polar surface area (TPSA) is 64.2 Å². The summed E-state index contributed by atoms with van der Waals surface area (Å²) < 4.78 is 40.7. The summed E-state index contributed by atoms with van der Waals surface area (Å²) in [5.74, 6) is -0.719. The third-order valence-corrected chi connectivity index (χ3v) is 7.87. The number of hydrogen-bond acceptors (Lipinski definition) is 5. The van der Waals surface area contributed by atoms with Crippen LogP contribution in [-0.4, -0.2) is 97.8 Å². The van der Waals surface area contributed by atoms with E-state index in [2.05, 4.69) is 30.6 Å². The van der Waals surface area contributed by atoms with E-state index in [4.69, 9.17) is 0 Å². The SMILES string of the molecule is CC(C)(C)N1CCCN(CC(=O)N2CCN(S(=O)(=O)c3ccccc3F)CC2)CC1. The number of rotatable bonds is 4. The minimum Gasteiger partial charge on any atom is -0.339 e. The van der Waals surface area contributed by atoms with Gasteiger partial charge in [-0.2, -0.15) is 4.31 Å². The number of carbonyl (C=O) groups is 1. The summed E-state index contributed by atoms with van der Waals surface area (Å²) in [5.41, 5.74) is 0.125. The number of amides is 1. The first-order chi connectivity index (χ1) is 14.1. The van der Waals surface area contributed by atoms with Gasteiger partial charge in [0.05, 0.1) is 6.54 Å². The number of benzene rings is 1. The fourth-order valence-corrected chi connectivity index (χ4v) is 5.55. The third-order valence-electron chi connectivity index (χ3n) is 5.94. The minimum absolute atomic E-state index is 0.0298. The lowest BCUT2D eigenvalue weighted by molar-refractivity contribution is -0.133. The van der Waals surface area contributed by atoms with Crippen molar-refractivity contribution in [3.8, 4) is 0 Å². The van der Waals surface area contributed by atoms with E-state index in [1.165, 1.54) is 22.5 Å². The Kier molecular flexibility index (Phi) is 7.16. The van der Waals surface area contributed by atoms with Crippen molar-refractivity contribution in [1.29, 1.82) is 0 Å². The molecule has 0 atom stereocenters. The van der Waals surface area contributed by atoms with Gasteiger partial charge in [-0.25, -0.2) is 12.8 Å². The maximum atomic E-state index is 14.0. The molecule has 0 aliphatic carbocycles. The average molecular weight is 441 g/mol. The molecule has 0 saturated carbocycles. The summed E-state index contributed by atoms with van der Waals surface area (Å²) in [4.78, 5) is 18.8. The molecule has 1 amide bonds. The van der Waals surface area contributed by atoms with Crippen molar-refractivity contribution in [3.05, 3.63) is 30.1 Å². The lowest BCUT2D eigenvalue weighted by atomic mass is 10.1. The zero-order chi connectivity index (χ0) is 21.9. The standard InChI is InChI=1S/C21H33FN4O3S/c1-21(2,3)25-10-6-9-23(11-14-25)17-20(27)24-12-15-26(16-13-24)30(28,29)19-8-5-4-7-18(19)22/h4-5,7-8H,6,9-17H2,1-3H3. The van der Waals surface area contributed by atoms with Gasteiger partial charge in [0.25, 0.3) is 0 Å². The molecule has 3 rings (SSSR count). The van der Waals surface area contributed by atoms with Crippen LogP contribution in [0.2, 0.25) is 0 Å². The van der Waals surface area contributed by atoms with Crippen LogP contribution in [0.3, 0.4) is 0 Å². The Morgan fingerprint density at radius 3 is 2.27 bits per heavy atom. The second-order valence-electron chi connectivity index (χ2n) is 9.00. The van der Waals surface area contributed by atoms with Crippen molar-refractivity contribution in [2.24, 2.45) is 0 Å². The van der Waals surface area contributed by atoms with Gasteiger partial charge in [0.1, 0.15) is 10.7 Å². The first-order valence-corrected chi connectivity index (χ1v) is 12.0. The molecule has 7 nitrogen and oxygen atoms in total. The van der Waals surface area contributed by atoms with Crippen LogP contribution in [0.25, 0.3) is 0 Å². The smallest absolute Gasteiger partial charge is 0.246 e. The molecule has 0 spiro atoms. The molecule has 0 bridgehead atoms. The highest BCUT2D eigenvalue weighted by molar-refractivity contribution is 7.89. The molecule has 2 fully saturated rings. The number of piperazine rings is 1. The summed E-state index contributed by atoms with van der Waals surface area (Å²) >= 11 is 0. The van der Waals surface area contributed by atoms with E-state index in [9.17, 15) is 17.6 Å². The van der Waals surface area contributed by atoms with Crippen LogP contribution in [-0.2, 0) is 14.8 Å². The highest BCUT2D eigenvalue weighted by Crippen LogP contribution is 2.21. The van der Waals surface area contributed by atoms with Crippen LogP contribution in [0.5, 0.6) is 0 Å². The van der Waals surface area contributed by atoms with E-state index in [-0.39, 0.29) is 29.4 Å². The first kappa shape index (κ1) is 23.1. The Bertz CT molecular complexity index is 848. The zero-order valence-electron chi connectivity index (χ0n) is 18.2. The molecule has 168 valence electrons. The lowest BCUT2D eigenvalue weighted by Gasteiger charge is -2.35. The fraction of sp³-hybridized carbons (Fsp3) is 0.667. The van der Waals surface area contributed by atoms with Crippen molar-refractivity contribution in [3.63, 3.8) is 0 Å². The molecular formula is C21H33FN4O3S. The zero-order valence-corrected chi connectivity index (χ0v) is 19.0. The van der Waals surface area contributed by atoms with Crippen molar-refractivity contribution < 1.29 is 17.6 Å². The van der Waals surface area contributed by atoms with Gasteiger partial charge in [0.15, 0.2) is 0 Å². The van der Waals surface area contributed by atoms with Gasteiger partial charge in [0.2, 0.25) is 15.9 Å². The molecule has 0 radical (unpaired) electrons. The molecule has 0 aromatic heterocycles. The number of hydrogen-bond donors (Lipinski definition) is 0. The summed E-state index contributed by atoms with van der Waals surface area (Å²) in [5, 5.41) is 0. The van der Waals surface area contributed by atoms with Crippen molar-refractivity contribution in [2.45, 2.75) is 37.6 Å². The van der Waals surface area contributed by atoms with Crippen molar-refractivity contribution in [2.75, 3.05) is 58.9 Å². The number of sulfonamides is 1. The maximum absolute atomic E-state index is 14.0. The van der Waals surface area contributed by atoms with Gasteiger partial charge < -0.3 is 4.90 Å². The van der Waals surface area contributed by atoms with Crippen LogP contribution in [0.4, 0.5) is 4.39 Å². The molecule has 1 aromatic carbocycles. The molecule has 1 aromatic rings. The summed E-state index contributed by atoms with van der Waals surface area (Å²) in [7, 11) is -3.89. The van der Waals surface area contributed by atoms with Crippen LogP contribution in [0.15, 0.2) is 29.2 Å². The quantitative estimate of drug-likeness (QED) is 0.710. The maximum Gasteiger partial charge on any atom is 0.246 e. The summed E-state index contributed by atoms with van der Waals surface area (Å²) in [6.45, 7) is 11.7. The predicted molar refractivity (Wildman–Crippen MR) is 114 cm³/mol. The van der Waals surface area contributed by atoms with E-state index in [0.29, 0.717) is 19.6 Å². The number of carbonyl (C=O) groups excluding carboxylic acids is 1. The minimum atomic E-state index is -3.89. The van der Waals surface area contributed by atoms with Gasteiger partial charge in [-0.1, -0.05) is 12.1 Å². The van der Waals surface area contributed by atoms with Crippen LogP contribution in [0.1, 0.15) is 27.2 Å². The van der Waals surface area contributed by atoms with E-state index >= 15 is 0 Å². The first-order valence-electron chi connectivity index (χ1n) is 10.6. The molecule has 2 aliphatic heterocycles. The van der Waals surface area contributed by atoms with Crippen molar-refractivity contribution in [1.82, 2.24) is 19.0 Å². The average Bonchev–Trinajstić information content (AvgIpc) is 2.94. The van der Waals surface area contributed by atoms with Crippen LogP contribution in [0, 0.1) is 5.82 Å². The van der Waals surface area contributed by atoms with Gasteiger partial charge in [-0.05, 0) is 52.4 Å². The molecule has 2 aliphatic rings. The van der Waals surface area contributed by atoms with Crippen molar-refractivity contribution >= 4 is 15.9 Å². The molecule has 0 unspecified atom stereocenters. The Balaban J connectivity index is 1.53. The van der Waals surface area contributed by atoms with Crippen LogP contribution < -0.4 is 0 Å². The number of halogens is 1. The van der Waals surface area contributed by atoms with E-state index in [0.717, 1.165) is 38.7 Å². The molecule has 30 heavy (non-hydrogen) atoms. The Labute approximate surface area is 179 Å². The largest absolute Gasteiger partial charge is 0.339 e. The summed E-state index contributed by atoms with van der Waals surface area (Å²) in [6.07, 6.45) is 1.03. The Morgan fingerprint density at radius 1 is 0.967 bits per heavy atom. The van der Waals surface area contributed by atoms with E-state index in [1.54, 1.807) is 4.90 Å². The Hall–Kier alpha value is -1.55. The normalized spacial score (nSPS) is 20.9. The molecule has 0 N–H and O–H groups in total. The monoisotopic (exact) mass is 440 g/mol. The third kappa shape index (κ3) is 5.38. The lowest BCUT2D eigenvalue weighted by Crippen LogP contribution is -2.52. The Morgan fingerprint density at radius 2 is 1.63 bits per heavy atom. The van der Waals surface area contributed by atoms with Gasteiger partial charge in [-0.3, -0.25) is 14.6 Å². The van der Waals surface area contributed by atoms with E-state index < -0.39 is 15.8 Å². The molecule has 2 heterocycles. The predicted octanol–water partition coefficient (Wildman–Crippen LogP) is 1.46. The highest BCUT2D eigenvalue weighted by Gasteiger charge is 2.32. The molecule has 2 saturated heterocycles. The number of nitrogens with zero attached hydrogens (tertiary/aromatic N) is 4. The summed E-state index contributed by atoms with van der Waals surface area (Å²) in [6, 6.07) is 5.41. The highest BCUT2D eigenvalue weighted by atomic mass is 32.2.